The molecule has 0 spiro atoms. The minimum Gasteiger partial charge on any atom is -0.508 e. The first kappa shape index (κ1) is 20.0. The number of aromatic hydroxyl groups is 1. The third-order valence-corrected chi connectivity index (χ3v) is 5.64. The van der Waals surface area contributed by atoms with E-state index in [4.69, 9.17) is 11.5 Å². The van der Waals surface area contributed by atoms with Crippen LogP contribution in [-0.2, 0) is 11.2 Å². The number of hydrogen-bond acceptors (Lipinski definition) is 8. The van der Waals surface area contributed by atoms with E-state index in [0.29, 0.717) is 30.6 Å². The maximum absolute atomic E-state index is 12.9. The molecule has 1 aromatic carbocycles. The number of phenols is 1. The fraction of sp³-hybridized carbons (Fsp3) is 0.400. The van der Waals surface area contributed by atoms with Crippen molar-refractivity contribution in [1.29, 1.82) is 0 Å². The first-order valence-corrected chi connectivity index (χ1v) is 9.74. The maximum atomic E-state index is 12.9. The molecule has 30 heavy (non-hydrogen) atoms. The minimum atomic E-state index is -1.21. The van der Waals surface area contributed by atoms with Crippen molar-refractivity contribution in [2.75, 3.05) is 18.8 Å². The quantitative estimate of drug-likeness (QED) is 0.474. The number of carbonyl (C=O) groups is 1. The van der Waals surface area contributed by atoms with Crippen molar-refractivity contribution in [3.8, 4) is 5.75 Å². The molecule has 1 aliphatic rings. The highest BCUT2D eigenvalue weighted by Crippen LogP contribution is 2.34. The summed E-state index contributed by atoms with van der Waals surface area (Å²) in [5, 5.41) is 20.6. The molecule has 0 radical (unpaired) electrons. The van der Waals surface area contributed by atoms with Crippen LogP contribution in [0.25, 0.3) is 11.2 Å². The van der Waals surface area contributed by atoms with E-state index in [1.807, 2.05) is 0 Å². The zero-order valence-electron chi connectivity index (χ0n) is 16.6. The fourth-order valence-electron chi connectivity index (χ4n) is 4.09. The molecule has 1 fully saturated rings. The number of phenolic OH excluding ortho intramolecular Hbond substituents is 1. The molecule has 6 N–H and O–H groups in total. The van der Waals surface area contributed by atoms with Gasteiger partial charge in [-0.1, -0.05) is 12.1 Å². The van der Waals surface area contributed by atoms with Crippen LogP contribution >= 0.6 is 0 Å². The van der Waals surface area contributed by atoms with Crippen molar-refractivity contribution in [1.82, 2.24) is 24.4 Å². The van der Waals surface area contributed by atoms with Crippen molar-refractivity contribution < 1.29 is 15.0 Å². The van der Waals surface area contributed by atoms with Crippen LogP contribution < -0.4 is 11.5 Å². The number of carbonyl (C=O) groups excluding carboxylic acids is 1. The van der Waals surface area contributed by atoms with Crippen LogP contribution in [0.5, 0.6) is 5.75 Å². The highest BCUT2D eigenvalue weighted by atomic mass is 16.3. The van der Waals surface area contributed by atoms with E-state index in [9.17, 15) is 15.0 Å². The van der Waals surface area contributed by atoms with Gasteiger partial charge in [0.1, 0.15) is 23.2 Å². The van der Waals surface area contributed by atoms with Gasteiger partial charge in [-0.25, -0.2) is 15.0 Å². The van der Waals surface area contributed by atoms with E-state index in [1.165, 1.54) is 6.33 Å². The molecule has 1 saturated heterocycles. The second kappa shape index (κ2) is 7.54. The van der Waals surface area contributed by atoms with Gasteiger partial charge in [-0.15, -0.1) is 0 Å². The molecule has 4 rings (SSSR count). The molecule has 0 unspecified atom stereocenters. The summed E-state index contributed by atoms with van der Waals surface area (Å²) >= 11 is 0. The number of hydrogen-bond donors (Lipinski definition) is 4. The number of amides is 1. The third-order valence-electron chi connectivity index (χ3n) is 5.64. The lowest BCUT2D eigenvalue weighted by Crippen LogP contribution is -2.57. The number of rotatable bonds is 4. The molecule has 3 aromatic rings. The van der Waals surface area contributed by atoms with Gasteiger partial charge in [-0.2, -0.15) is 0 Å². The fourth-order valence-corrected chi connectivity index (χ4v) is 4.09. The van der Waals surface area contributed by atoms with Gasteiger partial charge in [0.25, 0.3) is 0 Å². The number of aromatic nitrogens is 4. The number of anilines is 1. The number of β-amino-alcohol motifs (C(OH)–C–C–N with tert-alkyl or cyclic N) is 1. The van der Waals surface area contributed by atoms with Crippen molar-refractivity contribution in [3.05, 3.63) is 42.5 Å². The summed E-state index contributed by atoms with van der Waals surface area (Å²) in [7, 11) is 0. The van der Waals surface area contributed by atoms with Gasteiger partial charge in [0.2, 0.25) is 5.91 Å². The lowest BCUT2D eigenvalue weighted by Gasteiger charge is -2.44. The molecule has 0 bridgehead atoms. The van der Waals surface area contributed by atoms with Crippen molar-refractivity contribution in [3.63, 3.8) is 0 Å². The number of nitrogens with zero attached hydrogens (tertiary/aromatic N) is 5. The minimum absolute atomic E-state index is 0.139. The Balaban J connectivity index is 1.48. The molecule has 1 aliphatic heterocycles. The van der Waals surface area contributed by atoms with E-state index < -0.39 is 11.6 Å². The Morgan fingerprint density at radius 2 is 2.03 bits per heavy atom. The zero-order chi connectivity index (χ0) is 21.5. The van der Waals surface area contributed by atoms with Crippen molar-refractivity contribution in [2.45, 2.75) is 37.5 Å². The Morgan fingerprint density at radius 1 is 1.30 bits per heavy atom. The van der Waals surface area contributed by atoms with E-state index in [-0.39, 0.29) is 30.1 Å². The first-order valence-electron chi connectivity index (χ1n) is 9.74. The topological polar surface area (TPSA) is 156 Å². The average Bonchev–Trinajstić information content (AvgIpc) is 3.13. The largest absolute Gasteiger partial charge is 0.508 e. The number of imidazole rings is 1. The van der Waals surface area contributed by atoms with Gasteiger partial charge >= 0.3 is 0 Å². The lowest BCUT2D eigenvalue weighted by molar-refractivity contribution is -0.141. The summed E-state index contributed by atoms with van der Waals surface area (Å²) < 4.78 is 1.80. The van der Waals surface area contributed by atoms with E-state index in [2.05, 4.69) is 15.0 Å². The van der Waals surface area contributed by atoms with Gasteiger partial charge < -0.3 is 31.1 Å². The number of piperidine rings is 1. The van der Waals surface area contributed by atoms with Gasteiger partial charge in [0, 0.05) is 6.54 Å². The number of benzene rings is 1. The molecule has 2 aromatic heterocycles. The van der Waals surface area contributed by atoms with Crippen molar-refractivity contribution >= 4 is 22.9 Å². The molecular weight excluding hydrogens is 386 g/mol. The second-order valence-corrected chi connectivity index (χ2v) is 7.98. The standard InChI is InChI=1S/C20H25N7O3/c1-20(30)9-26(19(29)14(21)8-12-2-4-13(28)5-3-12)7-6-15(20)27-11-25-16-17(22)23-10-24-18(16)27/h2-5,10-11,14-15,28,30H,6-9,21H2,1H3,(H2,22,23,24)/t14-,15+,20+/m0/s1. The molecule has 1 amide bonds. The van der Waals surface area contributed by atoms with Crippen LogP contribution in [0.15, 0.2) is 36.9 Å². The highest BCUT2D eigenvalue weighted by molar-refractivity contribution is 5.82. The Bertz CT molecular complexity index is 1060. The van der Waals surface area contributed by atoms with E-state index in [1.54, 1.807) is 47.0 Å². The summed E-state index contributed by atoms with van der Waals surface area (Å²) in [6.07, 6.45) is 3.83. The molecule has 0 aliphatic carbocycles. The van der Waals surface area contributed by atoms with Gasteiger partial charge in [-0.05, 0) is 37.5 Å². The summed E-state index contributed by atoms with van der Waals surface area (Å²) in [5.41, 5.74) is 12.7. The van der Waals surface area contributed by atoms with Gasteiger partial charge in [-0.3, -0.25) is 4.79 Å². The number of nitrogen functional groups attached to an aromatic ring is 1. The number of fused-ring (bicyclic) bond motifs is 1. The predicted octanol–water partition coefficient (Wildman–Crippen LogP) is 0.209. The first-order chi connectivity index (χ1) is 14.3. The molecule has 10 heteroatoms. The number of nitrogens with two attached hydrogens (primary N) is 2. The van der Waals surface area contributed by atoms with Crippen LogP contribution in [-0.4, -0.2) is 65.3 Å². The maximum Gasteiger partial charge on any atom is 0.239 e. The van der Waals surface area contributed by atoms with Crippen LogP contribution in [0.3, 0.4) is 0 Å². The molecular formula is C20H25N7O3. The van der Waals surface area contributed by atoms with Crippen LogP contribution in [0.4, 0.5) is 5.82 Å². The predicted molar refractivity (Wildman–Crippen MR) is 110 cm³/mol. The molecule has 0 saturated carbocycles. The number of aliphatic hydroxyl groups is 1. The smallest absolute Gasteiger partial charge is 0.239 e. The van der Waals surface area contributed by atoms with Crippen LogP contribution in [0.2, 0.25) is 0 Å². The Morgan fingerprint density at radius 3 is 2.73 bits per heavy atom. The Kier molecular flexibility index (Phi) is 5.04. The summed E-state index contributed by atoms with van der Waals surface area (Å²) in [6.45, 7) is 2.28. The normalized spacial score (nSPS) is 22.9. The summed E-state index contributed by atoms with van der Waals surface area (Å²) in [5.74, 6) is 0.228. The van der Waals surface area contributed by atoms with Gasteiger partial charge in [0.15, 0.2) is 11.5 Å². The second-order valence-electron chi connectivity index (χ2n) is 7.98. The van der Waals surface area contributed by atoms with Crippen LogP contribution in [0, 0.1) is 0 Å². The number of likely N-dealkylation sites (tertiary alicyclic amines) is 1. The molecule has 3 atom stereocenters. The molecule has 3 heterocycles. The SMILES string of the molecule is C[C@@]1(O)CN(C(=O)[C@@H](N)Cc2ccc(O)cc2)CC[C@H]1n1cnc2c(N)ncnc21. The van der Waals surface area contributed by atoms with Crippen molar-refractivity contribution in [2.24, 2.45) is 5.73 Å². The Labute approximate surface area is 173 Å². The van der Waals surface area contributed by atoms with Gasteiger partial charge in [0.05, 0.1) is 25.0 Å². The van der Waals surface area contributed by atoms with E-state index >= 15 is 0 Å². The Hall–Kier alpha value is -3.24. The third kappa shape index (κ3) is 3.66. The zero-order valence-corrected chi connectivity index (χ0v) is 16.6. The lowest BCUT2D eigenvalue weighted by atomic mass is 9.88. The van der Waals surface area contributed by atoms with E-state index in [0.717, 1.165) is 5.56 Å². The molecule has 10 nitrogen and oxygen atoms in total. The monoisotopic (exact) mass is 411 g/mol. The van der Waals surface area contributed by atoms with Crippen LogP contribution in [0.1, 0.15) is 24.9 Å². The highest BCUT2D eigenvalue weighted by Gasteiger charge is 2.42. The summed E-state index contributed by atoms with van der Waals surface area (Å²) in [4.78, 5) is 27.0. The average molecular weight is 411 g/mol. The molecule has 158 valence electrons. The summed E-state index contributed by atoms with van der Waals surface area (Å²) in [6, 6.07) is 5.55.